The largest absolute Gasteiger partial charge is 0.457 e. The van der Waals surface area contributed by atoms with Crippen LogP contribution >= 0.6 is 0 Å². The highest BCUT2D eigenvalue weighted by molar-refractivity contribution is 5.69. The summed E-state index contributed by atoms with van der Waals surface area (Å²) >= 11 is 0. The van der Waals surface area contributed by atoms with Gasteiger partial charge in [0.2, 0.25) is 0 Å². The summed E-state index contributed by atoms with van der Waals surface area (Å²) < 4.78 is 22.4. The lowest BCUT2D eigenvalue weighted by molar-refractivity contribution is -0.305. The van der Waals surface area contributed by atoms with Gasteiger partial charge in [-0.15, -0.1) is 0 Å². The first-order valence-corrected chi connectivity index (χ1v) is 20.1. The van der Waals surface area contributed by atoms with Crippen LogP contribution in [0.25, 0.3) is 0 Å². The maximum Gasteiger partial charge on any atom is 0.306 e. The molecule has 0 saturated carbocycles. The Morgan fingerprint density at radius 2 is 1.16 bits per heavy atom. The van der Waals surface area contributed by atoms with E-state index in [1.807, 2.05) is 0 Å². The standard InChI is InChI=1S/C41H74O9/c1-3-5-7-8-9-10-11-12-13-14-15-16-17-18-19-20-21-22-23-24-25-26-27-29-31-47-33-35(49-37(43)30-28-6-4-2)34-48-41-40(46)39(45)38(44)36(32-42)50-41/h11-12,14-15,17-18,35-36,38-42,44-46H,3-10,13,16,19-34H2,1-2H3/b12-11-,15-14-,18-17-. The Labute approximate surface area is 304 Å². The fourth-order valence-electron chi connectivity index (χ4n) is 5.85. The van der Waals surface area contributed by atoms with Crippen molar-refractivity contribution < 1.29 is 44.2 Å². The molecule has 4 N–H and O–H groups in total. The molecule has 6 atom stereocenters. The van der Waals surface area contributed by atoms with Crippen molar-refractivity contribution in [1.82, 2.24) is 0 Å². The van der Waals surface area contributed by atoms with Crippen molar-refractivity contribution in [2.24, 2.45) is 0 Å². The Kier molecular flexibility index (Phi) is 30.9. The van der Waals surface area contributed by atoms with Gasteiger partial charge in [-0.2, -0.15) is 0 Å². The molecule has 1 saturated heterocycles. The topological polar surface area (TPSA) is 135 Å². The summed E-state index contributed by atoms with van der Waals surface area (Å²) in [5, 5.41) is 39.7. The van der Waals surface area contributed by atoms with Gasteiger partial charge in [-0.05, 0) is 51.4 Å². The Balaban J connectivity index is 2.09. The highest BCUT2D eigenvalue weighted by atomic mass is 16.7. The Hall–Kier alpha value is -1.59. The third kappa shape index (κ3) is 24.6. The van der Waals surface area contributed by atoms with E-state index in [2.05, 4.69) is 50.3 Å². The van der Waals surface area contributed by atoms with Gasteiger partial charge in [0.05, 0.1) is 19.8 Å². The lowest BCUT2D eigenvalue weighted by Crippen LogP contribution is -2.59. The molecule has 292 valence electrons. The van der Waals surface area contributed by atoms with Gasteiger partial charge in [0.15, 0.2) is 6.29 Å². The minimum absolute atomic E-state index is 0.118. The molecule has 1 aliphatic rings. The molecule has 0 bridgehead atoms. The summed E-state index contributed by atoms with van der Waals surface area (Å²) in [5.41, 5.74) is 0. The average molecular weight is 711 g/mol. The lowest BCUT2D eigenvalue weighted by Gasteiger charge is -2.39. The number of carbonyl (C=O) groups is 1. The van der Waals surface area contributed by atoms with E-state index in [1.165, 1.54) is 89.9 Å². The molecular weight excluding hydrogens is 636 g/mol. The summed E-state index contributed by atoms with van der Waals surface area (Å²) in [6, 6.07) is 0. The second-order valence-electron chi connectivity index (χ2n) is 13.7. The molecule has 0 aromatic rings. The zero-order valence-electron chi connectivity index (χ0n) is 31.6. The molecule has 9 heteroatoms. The van der Waals surface area contributed by atoms with Gasteiger partial charge in [-0.1, -0.05) is 134 Å². The van der Waals surface area contributed by atoms with E-state index in [4.69, 9.17) is 18.9 Å². The third-order valence-electron chi connectivity index (χ3n) is 9.06. The van der Waals surface area contributed by atoms with Crippen LogP contribution in [0.4, 0.5) is 0 Å². The molecule has 0 amide bonds. The molecule has 0 aromatic heterocycles. The van der Waals surface area contributed by atoms with Crippen molar-refractivity contribution in [1.29, 1.82) is 0 Å². The fraction of sp³-hybridized carbons (Fsp3) is 0.829. The Morgan fingerprint density at radius 3 is 1.74 bits per heavy atom. The van der Waals surface area contributed by atoms with Crippen LogP contribution in [0.1, 0.15) is 155 Å². The van der Waals surface area contributed by atoms with Crippen LogP contribution in [0, 0.1) is 0 Å². The van der Waals surface area contributed by atoms with Gasteiger partial charge < -0.3 is 39.4 Å². The Bertz CT molecular complexity index is 859. The van der Waals surface area contributed by atoms with E-state index < -0.39 is 43.4 Å². The number of hydrogen-bond acceptors (Lipinski definition) is 9. The molecule has 1 aliphatic heterocycles. The zero-order chi connectivity index (χ0) is 36.5. The summed E-state index contributed by atoms with van der Waals surface area (Å²) in [6.07, 6.45) is 31.2. The number of aliphatic hydroxyl groups excluding tert-OH is 4. The molecule has 50 heavy (non-hydrogen) atoms. The minimum Gasteiger partial charge on any atom is -0.457 e. The third-order valence-corrected chi connectivity index (χ3v) is 9.06. The van der Waals surface area contributed by atoms with Crippen molar-refractivity contribution in [2.45, 2.75) is 192 Å². The normalized spacial score (nSPS) is 21.9. The van der Waals surface area contributed by atoms with Gasteiger partial charge in [-0.3, -0.25) is 4.79 Å². The van der Waals surface area contributed by atoms with Crippen molar-refractivity contribution in [3.8, 4) is 0 Å². The van der Waals surface area contributed by atoms with Gasteiger partial charge in [0.1, 0.15) is 30.5 Å². The van der Waals surface area contributed by atoms with Crippen LogP contribution < -0.4 is 0 Å². The first kappa shape index (κ1) is 46.4. The lowest BCUT2D eigenvalue weighted by atomic mass is 9.99. The number of ether oxygens (including phenoxy) is 4. The van der Waals surface area contributed by atoms with Crippen molar-refractivity contribution in [3.05, 3.63) is 36.5 Å². The molecule has 1 rings (SSSR count). The van der Waals surface area contributed by atoms with Crippen molar-refractivity contribution >= 4 is 5.97 Å². The van der Waals surface area contributed by atoms with Crippen molar-refractivity contribution in [3.63, 3.8) is 0 Å². The van der Waals surface area contributed by atoms with E-state index >= 15 is 0 Å². The van der Waals surface area contributed by atoms with Crippen LogP contribution in [-0.2, 0) is 23.7 Å². The highest BCUT2D eigenvalue weighted by Crippen LogP contribution is 2.22. The first-order chi connectivity index (χ1) is 24.4. The van der Waals surface area contributed by atoms with Gasteiger partial charge in [0, 0.05) is 13.0 Å². The summed E-state index contributed by atoms with van der Waals surface area (Å²) in [5.74, 6) is -0.341. The SMILES string of the molecule is CCCCCCC/C=C\C/C=C\C/C=C\CCCCCCCCCCCOCC(COC1OC(CO)C(O)C(O)C1O)OC(=O)CCCCC. The van der Waals surface area contributed by atoms with Crippen LogP contribution in [0.5, 0.6) is 0 Å². The van der Waals surface area contributed by atoms with E-state index in [1.54, 1.807) is 0 Å². The number of unbranched alkanes of at least 4 members (excludes halogenated alkanes) is 16. The molecule has 0 radical (unpaired) electrons. The van der Waals surface area contributed by atoms with Gasteiger partial charge in [0.25, 0.3) is 0 Å². The molecular formula is C41H74O9. The summed E-state index contributed by atoms with van der Waals surface area (Å²) in [4.78, 5) is 12.4. The van der Waals surface area contributed by atoms with Gasteiger partial charge in [-0.25, -0.2) is 0 Å². The van der Waals surface area contributed by atoms with Crippen LogP contribution in [0.3, 0.4) is 0 Å². The maximum atomic E-state index is 12.4. The molecule has 0 aromatic carbocycles. The Morgan fingerprint density at radius 1 is 0.640 bits per heavy atom. The fourth-order valence-corrected chi connectivity index (χ4v) is 5.85. The molecule has 1 fully saturated rings. The number of aliphatic hydroxyl groups is 4. The van der Waals surface area contributed by atoms with E-state index in [9.17, 15) is 25.2 Å². The summed E-state index contributed by atoms with van der Waals surface area (Å²) in [6.45, 7) is 4.35. The van der Waals surface area contributed by atoms with Crippen LogP contribution in [0.2, 0.25) is 0 Å². The predicted octanol–water partition coefficient (Wildman–Crippen LogP) is 8.02. The number of allylic oxidation sites excluding steroid dienone is 6. The van der Waals surface area contributed by atoms with Crippen LogP contribution in [-0.4, -0.2) is 89.6 Å². The predicted molar refractivity (Wildman–Crippen MR) is 201 cm³/mol. The monoisotopic (exact) mass is 711 g/mol. The van der Waals surface area contributed by atoms with Crippen molar-refractivity contribution in [2.75, 3.05) is 26.4 Å². The first-order valence-electron chi connectivity index (χ1n) is 20.1. The number of carbonyl (C=O) groups excluding carboxylic acids is 1. The van der Waals surface area contributed by atoms with Gasteiger partial charge >= 0.3 is 5.97 Å². The smallest absolute Gasteiger partial charge is 0.306 e. The second-order valence-corrected chi connectivity index (χ2v) is 13.7. The highest BCUT2D eigenvalue weighted by Gasteiger charge is 2.44. The average Bonchev–Trinajstić information content (AvgIpc) is 3.11. The number of rotatable bonds is 33. The number of hydrogen-bond donors (Lipinski definition) is 4. The minimum atomic E-state index is -1.53. The second kappa shape index (κ2) is 33.3. The van der Waals surface area contributed by atoms with E-state index in [-0.39, 0.29) is 19.2 Å². The zero-order valence-corrected chi connectivity index (χ0v) is 31.6. The quantitative estimate of drug-likeness (QED) is 0.0303. The van der Waals surface area contributed by atoms with Crippen LogP contribution in [0.15, 0.2) is 36.5 Å². The molecule has 0 aliphatic carbocycles. The van der Waals surface area contributed by atoms with E-state index in [0.717, 1.165) is 44.9 Å². The molecule has 6 unspecified atom stereocenters. The van der Waals surface area contributed by atoms with E-state index in [0.29, 0.717) is 13.0 Å². The summed E-state index contributed by atoms with van der Waals surface area (Å²) in [7, 11) is 0. The maximum absolute atomic E-state index is 12.4. The molecule has 9 nitrogen and oxygen atoms in total. The molecule has 1 heterocycles. The number of esters is 1. The molecule has 0 spiro atoms.